The molecular formula is C15H15F2N. The largest absolute Gasteiger partial charge is 0.378 e. The number of anilines is 1. The fourth-order valence-corrected chi connectivity index (χ4v) is 1.90. The standard InChI is InChI=1S/C15H15F2N/c1-10-4-3-5-14(17)15(10)18-9-12-6-7-13(16)8-11(12)2/h3-8,18H,9H2,1-2H3. The highest BCUT2D eigenvalue weighted by Gasteiger charge is 2.05. The summed E-state index contributed by atoms with van der Waals surface area (Å²) in [6.45, 7) is 4.17. The van der Waals surface area contributed by atoms with Crippen LogP contribution in [0.5, 0.6) is 0 Å². The van der Waals surface area contributed by atoms with Crippen LogP contribution in [0.15, 0.2) is 36.4 Å². The predicted octanol–water partition coefficient (Wildman–Crippen LogP) is 4.19. The van der Waals surface area contributed by atoms with E-state index in [0.717, 1.165) is 16.7 Å². The number of aryl methyl sites for hydroxylation is 2. The van der Waals surface area contributed by atoms with Crippen molar-refractivity contribution in [1.82, 2.24) is 0 Å². The van der Waals surface area contributed by atoms with Gasteiger partial charge in [0.1, 0.15) is 11.6 Å². The van der Waals surface area contributed by atoms with Crippen LogP contribution >= 0.6 is 0 Å². The van der Waals surface area contributed by atoms with Crippen molar-refractivity contribution < 1.29 is 8.78 Å². The Morgan fingerprint density at radius 3 is 2.44 bits per heavy atom. The van der Waals surface area contributed by atoms with Gasteiger partial charge >= 0.3 is 0 Å². The monoisotopic (exact) mass is 247 g/mol. The van der Waals surface area contributed by atoms with Crippen LogP contribution in [-0.4, -0.2) is 0 Å². The zero-order valence-electron chi connectivity index (χ0n) is 10.4. The van der Waals surface area contributed by atoms with Gasteiger partial charge in [0.2, 0.25) is 0 Å². The van der Waals surface area contributed by atoms with Gasteiger partial charge in [-0.15, -0.1) is 0 Å². The van der Waals surface area contributed by atoms with Crippen LogP contribution in [0.4, 0.5) is 14.5 Å². The molecule has 0 amide bonds. The molecule has 1 nitrogen and oxygen atoms in total. The van der Waals surface area contributed by atoms with E-state index < -0.39 is 0 Å². The maximum Gasteiger partial charge on any atom is 0.146 e. The number of halogens is 2. The van der Waals surface area contributed by atoms with Crippen LogP contribution in [0.3, 0.4) is 0 Å². The molecule has 1 N–H and O–H groups in total. The summed E-state index contributed by atoms with van der Waals surface area (Å²) >= 11 is 0. The summed E-state index contributed by atoms with van der Waals surface area (Å²) in [4.78, 5) is 0. The molecule has 0 saturated heterocycles. The molecule has 94 valence electrons. The molecule has 0 aromatic heterocycles. The van der Waals surface area contributed by atoms with E-state index in [1.54, 1.807) is 12.1 Å². The second-order valence-electron chi connectivity index (χ2n) is 4.36. The highest BCUT2D eigenvalue weighted by atomic mass is 19.1. The zero-order valence-corrected chi connectivity index (χ0v) is 10.4. The smallest absolute Gasteiger partial charge is 0.146 e. The lowest BCUT2D eigenvalue weighted by molar-refractivity contribution is 0.624. The molecule has 0 bridgehead atoms. The number of hydrogen-bond acceptors (Lipinski definition) is 1. The molecule has 3 heteroatoms. The molecule has 2 aromatic carbocycles. The van der Waals surface area contributed by atoms with Crippen LogP contribution in [0.25, 0.3) is 0 Å². The summed E-state index contributed by atoms with van der Waals surface area (Å²) in [5.74, 6) is -0.520. The number of rotatable bonds is 3. The van der Waals surface area contributed by atoms with Gasteiger partial charge < -0.3 is 5.32 Å². The predicted molar refractivity (Wildman–Crippen MR) is 69.6 cm³/mol. The van der Waals surface area contributed by atoms with Crippen LogP contribution in [-0.2, 0) is 6.54 Å². The first-order valence-corrected chi connectivity index (χ1v) is 5.82. The first-order chi connectivity index (χ1) is 8.58. The van der Waals surface area contributed by atoms with Gasteiger partial charge in [-0.1, -0.05) is 18.2 Å². The van der Waals surface area contributed by atoms with Gasteiger partial charge in [-0.25, -0.2) is 8.78 Å². The quantitative estimate of drug-likeness (QED) is 0.857. The molecule has 0 fully saturated rings. The van der Waals surface area contributed by atoms with E-state index in [4.69, 9.17) is 0 Å². The van der Waals surface area contributed by atoms with Crippen LogP contribution < -0.4 is 5.32 Å². The maximum atomic E-state index is 13.6. The highest BCUT2D eigenvalue weighted by Crippen LogP contribution is 2.20. The minimum Gasteiger partial charge on any atom is -0.378 e. The summed E-state index contributed by atoms with van der Waals surface area (Å²) < 4.78 is 26.6. The van der Waals surface area contributed by atoms with Gasteiger partial charge in [-0.3, -0.25) is 0 Å². The van der Waals surface area contributed by atoms with E-state index in [-0.39, 0.29) is 11.6 Å². The van der Waals surface area contributed by atoms with Gasteiger partial charge in [0.05, 0.1) is 5.69 Å². The normalized spacial score (nSPS) is 10.4. The molecule has 0 radical (unpaired) electrons. The second kappa shape index (κ2) is 5.17. The van der Waals surface area contributed by atoms with Crippen molar-refractivity contribution in [2.45, 2.75) is 20.4 Å². The third-order valence-corrected chi connectivity index (χ3v) is 2.98. The Morgan fingerprint density at radius 1 is 1.00 bits per heavy atom. The molecule has 0 saturated carbocycles. The molecule has 0 heterocycles. The van der Waals surface area contributed by atoms with E-state index in [0.29, 0.717) is 12.2 Å². The van der Waals surface area contributed by atoms with E-state index in [2.05, 4.69) is 5.32 Å². The van der Waals surface area contributed by atoms with Gasteiger partial charge in [0, 0.05) is 6.54 Å². The summed E-state index contributed by atoms with van der Waals surface area (Å²) in [5, 5.41) is 3.06. The van der Waals surface area contributed by atoms with Crippen molar-refractivity contribution in [2.24, 2.45) is 0 Å². The zero-order chi connectivity index (χ0) is 13.1. The summed E-state index contributed by atoms with van der Waals surface area (Å²) in [6, 6.07) is 9.56. The Labute approximate surface area is 105 Å². The van der Waals surface area contributed by atoms with Gasteiger partial charge in [0.15, 0.2) is 0 Å². The summed E-state index contributed by atoms with van der Waals surface area (Å²) in [5.41, 5.74) is 3.17. The SMILES string of the molecule is Cc1cc(F)ccc1CNc1c(C)cccc1F. The minimum atomic E-state index is -0.269. The lowest BCUT2D eigenvalue weighted by Crippen LogP contribution is -2.04. The number of benzene rings is 2. The van der Waals surface area contributed by atoms with E-state index in [1.165, 1.54) is 18.2 Å². The van der Waals surface area contributed by atoms with Crippen molar-refractivity contribution >= 4 is 5.69 Å². The average molecular weight is 247 g/mol. The molecule has 0 spiro atoms. The fraction of sp³-hybridized carbons (Fsp3) is 0.200. The Bertz CT molecular complexity index is 544. The van der Waals surface area contributed by atoms with Crippen LogP contribution in [0.1, 0.15) is 16.7 Å². The van der Waals surface area contributed by atoms with Crippen molar-refractivity contribution in [3.8, 4) is 0 Å². The van der Waals surface area contributed by atoms with Crippen molar-refractivity contribution in [3.05, 3.63) is 64.7 Å². The van der Waals surface area contributed by atoms with E-state index in [9.17, 15) is 8.78 Å². The maximum absolute atomic E-state index is 13.6. The van der Waals surface area contributed by atoms with Crippen molar-refractivity contribution in [2.75, 3.05) is 5.32 Å². The highest BCUT2D eigenvalue weighted by molar-refractivity contribution is 5.52. The summed E-state index contributed by atoms with van der Waals surface area (Å²) in [6.07, 6.45) is 0. The van der Waals surface area contributed by atoms with Crippen LogP contribution in [0, 0.1) is 25.5 Å². The molecular weight excluding hydrogens is 232 g/mol. The van der Waals surface area contributed by atoms with E-state index in [1.807, 2.05) is 19.9 Å². The molecule has 0 unspecified atom stereocenters. The fourth-order valence-electron chi connectivity index (χ4n) is 1.90. The minimum absolute atomic E-state index is 0.252. The number of hydrogen-bond donors (Lipinski definition) is 1. The second-order valence-corrected chi connectivity index (χ2v) is 4.36. The third-order valence-electron chi connectivity index (χ3n) is 2.98. The molecule has 2 aromatic rings. The van der Waals surface area contributed by atoms with Gasteiger partial charge in [0.25, 0.3) is 0 Å². The molecule has 0 aliphatic heterocycles. The lowest BCUT2D eigenvalue weighted by atomic mass is 10.1. The van der Waals surface area contributed by atoms with Gasteiger partial charge in [-0.2, -0.15) is 0 Å². The lowest BCUT2D eigenvalue weighted by Gasteiger charge is -2.12. The Kier molecular flexibility index (Phi) is 3.60. The van der Waals surface area contributed by atoms with Crippen molar-refractivity contribution in [1.29, 1.82) is 0 Å². The topological polar surface area (TPSA) is 12.0 Å². The molecule has 0 aliphatic carbocycles. The molecule has 2 rings (SSSR count). The molecule has 18 heavy (non-hydrogen) atoms. The number of nitrogens with one attached hydrogen (secondary N) is 1. The van der Waals surface area contributed by atoms with Gasteiger partial charge in [-0.05, 0) is 48.7 Å². The Balaban J connectivity index is 2.16. The Morgan fingerprint density at radius 2 is 1.78 bits per heavy atom. The first-order valence-electron chi connectivity index (χ1n) is 5.82. The number of para-hydroxylation sites is 1. The third kappa shape index (κ3) is 2.67. The van der Waals surface area contributed by atoms with Crippen molar-refractivity contribution in [3.63, 3.8) is 0 Å². The molecule has 0 aliphatic rings. The first kappa shape index (κ1) is 12.6. The van der Waals surface area contributed by atoms with E-state index >= 15 is 0 Å². The Hall–Kier alpha value is -1.90. The van der Waals surface area contributed by atoms with Crippen LogP contribution in [0.2, 0.25) is 0 Å². The summed E-state index contributed by atoms with van der Waals surface area (Å²) in [7, 11) is 0. The molecule has 0 atom stereocenters. The average Bonchev–Trinajstić information content (AvgIpc) is 2.31.